The van der Waals surface area contributed by atoms with Gasteiger partial charge in [-0.1, -0.05) is 0 Å². The molecule has 1 aliphatic carbocycles. The lowest BCUT2D eigenvalue weighted by Crippen LogP contribution is -2.54. The minimum Gasteiger partial charge on any atom is -0.467 e. The monoisotopic (exact) mass is 212 g/mol. The Morgan fingerprint density at radius 1 is 1.27 bits per heavy atom. The van der Waals surface area contributed by atoms with Gasteiger partial charge in [-0.05, 0) is 12.8 Å². The molecule has 2 saturated heterocycles. The van der Waals surface area contributed by atoms with Crippen molar-refractivity contribution in [1.29, 1.82) is 0 Å². The average molecular weight is 212 g/mol. The molecule has 0 spiro atoms. The molecule has 4 rings (SSSR count). The summed E-state index contributed by atoms with van der Waals surface area (Å²) in [4.78, 5) is 21.8. The van der Waals surface area contributed by atoms with Crippen molar-refractivity contribution >= 4 is 5.97 Å². The summed E-state index contributed by atoms with van der Waals surface area (Å²) in [6, 6.07) is -0.529. The van der Waals surface area contributed by atoms with Crippen molar-refractivity contribution in [2.24, 2.45) is 16.1 Å². The summed E-state index contributed by atoms with van der Waals surface area (Å²) in [5.74, 6) is -0.327. The third kappa shape index (κ3) is 1.21. The number of methoxy groups -OCH3 is 1. The van der Waals surface area contributed by atoms with E-state index in [1.807, 2.05) is 0 Å². The second kappa shape index (κ2) is 3.24. The van der Waals surface area contributed by atoms with E-state index in [0.29, 0.717) is 0 Å². The highest BCUT2D eigenvalue weighted by Gasteiger charge is 2.55. The predicted molar refractivity (Wildman–Crippen MR) is 46.9 cm³/mol. The molecule has 6 heteroatoms. The van der Waals surface area contributed by atoms with Crippen LogP contribution in [0.5, 0.6) is 0 Å². The van der Waals surface area contributed by atoms with Crippen LogP contribution in [0.15, 0.2) is 10.2 Å². The molecule has 0 N–H and O–H groups in total. The maximum atomic E-state index is 11.5. The number of esters is 1. The Hall–Kier alpha value is -1.01. The Morgan fingerprint density at radius 2 is 2.00 bits per heavy atom. The maximum absolute atomic E-state index is 11.5. The zero-order valence-electron chi connectivity index (χ0n) is 8.33. The van der Waals surface area contributed by atoms with E-state index in [-0.39, 0.29) is 30.1 Å². The summed E-state index contributed by atoms with van der Waals surface area (Å²) in [6.07, 6.45) is 1.72. The van der Waals surface area contributed by atoms with E-state index in [0.717, 1.165) is 12.8 Å². The molecule has 0 radical (unpaired) electrons. The van der Waals surface area contributed by atoms with Crippen LogP contribution in [0.1, 0.15) is 12.8 Å². The van der Waals surface area contributed by atoms with Crippen molar-refractivity contribution < 1.29 is 19.3 Å². The average Bonchev–Trinajstić information content (AvgIpc) is 2.76. The first kappa shape index (κ1) is 9.23. The number of carbonyl (C=O) groups excluding carboxylic acids is 1. The van der Waals surface area contributed by atoms with Gasteiger partial charge in [0.25, 0.3) is 0 Å². The van der Waals surface area contributed by atoms with Crippen molar-refractivity contribution in [3.63, 3.8) is 0 Å². The summed E-state index contributed by atoms with van der Waals surface area (Å²) >= 11 is 0. The normalized spacial score (nSPS) is 46.6. The lowest BCUT2D eigenvalue weighted by molar-refractivity contribution is -0.412. The van der Waals surface area contributed by atoms with Crippen molar-refractivity contribution in [2.45, 2.75) is 37.1 Å². The van der Waals surface area contributed by atoms with Crippen LogP contribution in [-0.4, -0.2) is 37.4 Å². The van der Waals surface area contributed by atoms with Crippen LogP contribution in [-0.2, 0) is 19.3 Å². The van der Waals surface area contributed by atoms with Gasteiger partial charge in [0, 0.05) is 0 Å². The lowest BCUT2D eigenvalue weighted by atomic mass is 9.77. The number of hydrogen-bond acceptors (Lipinski definition) is 6. The molecule has 0 unspecified atom stereocenters. The van der Waals surface area contributed by atoms with Crippen LogP contribution in [0.3, 0.4) is 0 Å². The van der Waals surface area contributed by atoms with Crippen LogP contribution in [0, 0.1) is 5.92 Å². The van der Waals surface area contributed by atoms with E-state index in [4.69, 9.17) is 14.5 Å². The summed E-state index contributed by atoms with van der Waals surface area (Å²) in [5, 5.41) is 8.09. The van der Waals surface area contributed by atoms with Gasteiger partial charge in [0.15, 0.2) is 6.04 Å². The van der Waals surface area contributed by atoms with E-state index in [1.54, 1.807) is 0 Å². The molecule has 0 amide bonds. The second-order valence-electron chi connectivity index (χ2n) is 4.11. The first-order chi connectivity index (χ1) is 7.31. The topological polar surface area (TPSA) is 69.5 Å². The Balaban J connectivity index is 1.86. The minimum atomic E-state index is -0.503. The van der Waals surface area contributed by atoms with Crippen molar-refractivity contribution in [3.05, 3.63) is 0 Å². The fraction of sp³-hybridized carbons (Fsp3) is 0.889. The second-order valence-corrected chi connectivity index (χ2v) is 4.11. The molecule has 3 heterocycles. The van der Waals surface area contributed by atoms with Crippen LogP contribution in [0.2, 0.25) is 0 Å². The number of carbonyl (C=O) groups is 1. The van der Waals surface area contributed by atoms with E-state index in [9.17, 15) is 4.79 Å². The molecule has 0 aromatic carbocycles. The van der Waals surface area contributed by atoms with Gasteiger partial charge in [-0.15, -0.1) is 0 Å². The predicted octanol–water partition coefficient (Wildman–Crippen LogP) is 0.471. The molecule has 1 saturated carbocycles. The van der Waals surface area contributed by atoms with E-state index < -0.39 is 6.04 Å². The number of azo groups is 1. The summed E-state index contributed by atoms with van der Waals surface area (Å²) < 4.78 is 4.70. The van der Waals surface area contributed by atoms with Crippen molar-refractivity contribution in [1.82, 2.24) is 0 Å². The highest BCUT2D eigenvalue weighted by molar-refractivity contribution is 5.76. The van der Waals surface area contributed by atoms with Gasteiger partial charge in [-0.2, -0.15) is 10.2 Å². The Bertz CT molecular complexity index is 311. The van der Waals surface area contributed by atoms with Gasteiger partial charge in [-0.25, -0.2) is 14.6 Å². The number of fused-ring (bicyclic) bond motifs is 2. The minimum absolute atomic E-state index is 0.00458. The fourth-order valence-corrected chi connectivity index (χ4v) is 2.61. The molecule has 0 aromatic heterocycles. The van der Waals surface area contributed by atoms with Crippen LogP contribution < -0.4 is 0 Å². The zero-order chi connectivity index (χ0) is 10.4. The molecule has 5 atom stereocenters. The largest absolute Gasteiger partial charge is 0.467 e. The van der Waals surface area contributed by atoms with E-state index >= 15 is 0 Å². The Morgan fingerprint density at radius 3 is 2.67 bits per heavy atom. The number of hydrogen-bond donors (Lipinski definition) is 0. The van der Waals surface area contributed by atoms with Crippen LogP contribution >= 0.6 is 0 Å². The molecule has 3 fully saturated rings. The molecule has 3 aliphatic heterocycles. The first-order valence-electron chi connectivity index (χ1n) is 5.11. The number of nitrogens with zero attached hydrogens (tertiary/aromatic N) is 2. The fourth-order valence-electron chi connectivity index (χ4n) is 2.61. The van der Waals surface area contributed by atoms with Gasteiger partial charge in [0.2, 0.25) is 0 Å². The molecule has 6 nitrogen and oxygen atoms in total. The molecule has 82 valence electrons. The van der Waals surface area contributed by atoms with Crippen LogP contribution in [0.4, 0.5) is 0 Å². The summed E-state index contributed by atoms with van der Waals surface area (Å²) in [7, 11) is 1.36. The SMILES string of the molecule is COC(=O)[C@@H]1N=N[C@H]2[C@H]1[C@H]1CC[C@@H]2OO1. The summed E-state index contributed by atoms with van der Waals surface area (Å²) in [6.45, 7) is 0. The van der Waals surface area contributed by atoms with Gasteiger partial charge in [-0.3, -0.25) is 0 Å². The maximum Gasteiger partial charge on any atom is 0.333 e. The third-order valence-electron chi connectivity index (χ3n) is 3.37. The van der Waals surface area contributed by atoms with Gasteiger partial charge >= 0.3 is 5.97 Å². The highest BCUT2D eigenvalue weighted by atomic mass is 17.2. The highest BCUT2D eigenvalue weighted by Crippen LogP contribution is 2.43. The van der Waals surface area contributed by atoms with Crippen molar-refractivity contribution in [2.75, 3.05) is 7.11 Å². The van der Waals surface area contributed by atoms with Gasteiger partial charge < -0.3 is 4.74 Å². The molecular weight excluding hydrogens is 200 g/mol. The molecule has 4 aliphatic rings. The number of rotatable bonds is 1. The smallest absolute Gasteiger partial charge is 0.333 e. The van der Waals surface area contributed by atoms with E-state index in [1.165, 1.54) is 7.11 Å². The molecular formula is C9H12N2O4. The molecule has 15 heavy (non-hydrogen) atoms. The van der Waals surface area contributed by atoms with Crippen molar-refractivity contribution in [3.8, 4) is 0 Å². The Kier molecular flexibility index (Phi) is 2.00. The zero-order valence-corrected chi connectivity index (χ0v) is 8.33. The quantitative estimate of drug-likeness (QED) is 0.468. The Labute approximate surface area is 86.5 Å². The molecule has 0 aromatic rings. The standard InChI is InChI=1S/C9H12N2O4/c1-13-9(12)8-6-4-2-3-5(15-14-4)7(6)10-11-8/h4-8H,2-3H2,1H3/t4-,5+,6-,7-,8-/m1/s1. The summed E-state index contributed by atoms with van der Waals surface area (Å²) in [5.41, 5.74) is 0. The van der Waals surface area contributed by atoms with Gasteiger partial charge in [0.1, 0.15) is 18.2 Å². The van der Waals surface area contributed by atoms with Gasteiger partial charge in [0.05, 0.1) is 13.0 Å². The van der Waals surface area contributed by atoms with E-state index in [2.05, 4.69) is 10.2 Å². The van der Waals surface area contributed by atoms with Crippen LogP contribution in [0.25, 0.3) is 0 Å². The lowest BCUT2D eigenvalue weighted by Gasteiger charge is -2.42. The third-order valence-corrected chi connectivity index (χ3v) is 3.37. The number of ether oxygens (including phenoxy) is 1. The first-order valence-corrected chi connectivity index (χ1v) is 5.11. The molecule has 2 bridgehead atoms.